The number of carbonyl (C=O) groups is 1. The zero-order valence-corrected chi connectivity index (χ0v) is 12.0. The molecule has 1 saturated heterocycles. The Bertz CT molecular complexity index is 457. The minimum absolute atomic E-state index is 0.199. The van der Waals surface area contributed by atoms with Gasteiger partial charge < -0.3 is 15.0 Å². The predicted molar refractivity (Wildman–Crippen MR) is 78.4 cm³/mol. The van der Waals surface area contributed by atoms with Gasteiger partial charge in [-0.25, -0.2) is 0 Å². The lowest BCUT2D eigenvalue weighted by Gasteiger charge is -2.22. The van der Waals surface area contributed by atoms with E-state index in [0.717, 1.165) is 30.2 Å². The van der Waals surface area contributed by atoms with E-state index >= 15 is 0 Å². The Balaban J connectivity index is 2.28. The highest BCUT2D eigenvalue weighted by Gasteiger charge is 2.18. The van der Waals surface area contributed by atoms with Crippen LogP contribution in [0.5, 0.6) is 5.75 Å². The molecular formula is C14H19ClN2O2. The number of hydrogen-bond donors (Lipinski definition) is 1. The molecule has 1 amide bonds. The number of rotatable bonds is 4. The molecule has 1 atom stereocenters. The summed E-state index contributed by atoms with van der Waals surface area (Å²) >= 11 is 5.81. The molecule has 1 aromatic carbocycles. The normalized spacial score (nSPS) is 16.3. The minimum Gasteiger partial charge on any atom is -0.497 e. The van der Waals surface area contributed by atoms with Gasteiger partial charge in [0.1, 0.15) is 11.1 Å². The number of methoxy groups -OCH3 is 1. The van der Waals surface area contributed by atoms with Crippen LogP contribution >= 0.6 is 11.6 Å². The third-order valence-electron chi connectivity index (χ3n) is 3.27. The first kappa shape index (κ1) is 14.0. The lowest BCUT2D eigenvalue weighted by Crippen LogP contribution is -2.24. The van der Waals surface area contributed by atoms with Crippen molar-refractivity contribution in [2.45, 2.75) is 25.1 Å². The van der Waals surface area contributed by atoms with Crippen molar-refractivity contribution in [3.63, 3.8) is 0 Å². The van der Waals surface area contributed by atoms with E-state index in [0.29, 0.717) is 0 Å². The van der Waals surface area contributed by atoms with Crippen LogP contribution < -0.4 is 15.0 Å². The van der Waals surface area contributed by atoms with Crippen molar-refractivity contribution >= 4 is 28.9 Å². The molecule has 0 unspecified atom stereocenters. The number of anilines is 2. The number of nitrogens with one attached hydrogen (secondary N) is 1. The van der Waals surface area contributed by atoms with Crippen LogP contribution in [-0.4, -0.2) is 31.5 Å². The van der Waals surface area contributed by atoms with Crippen LogP contribution in [0.25, 0.3) is 0 Å². The summed E-state index contributed by atoms with van der Waals surface area (Å²) in [4.78, 5) is 14.0. The van der Waals surface area contributed by atoms with Crippen molar-refractivity contribution < 1.29 is 9.53 Å². The molecule has 0 saturated carbocycles. The number of alkyl halides is 1. The van der Waals surface area contributed by atoms with E-state index in [1.807, 2.05) is 18.2 Å². The average Bonchev–Trinajstić information content (AvgIpc) is 2.92. The maximum atomic E-state index is 11.8. The van der Waals surface area contributed by atoms with Gasteiger partial charge in [-0.1, -0.05) is 0 Å². The molecule has 104 valence electrons. The van der Waals surface area contributed by atoms with E-state index in [-0.39, 0.29) is 5.91 Å². The maximum absolute atomic E-state index is 11.8. The second-order valence-corrected chi connectivity index (χ2v) is 5.34. The predicted octanol–water partition coefficient (Wildman–Crippen LogP) is 2.86. The van der Waals surface area contributed by atoms with Crippen LogP contribution in [0, 0.1) is 0 Å². The van der Waals surface area contributed by atoms with Gasteiger partial charge in [0.15, 0.2) is 0 Å². The van der Waals surface area contributed by atoms with Gasteiger partial charge >= 0.3 is 0 Å². The summed E-state index contributed by atoms with van der Waals surface area (Å²) < 4.78 is 5.21. The molecule has 1 N–H and O–H groups in total. The van der Waals surface area contributed by atoms with Gasteiger partial charge in [0.25, 0.3) is 0 Å². The van der Waals surface area contributed by atoms with Crippen LogP contribution in [0.3, 0.4) is 0 Å². The monoisotopic (exact) mass is 282 g/mol. The smallest absolute Gasteiger partial charge is 0.242 e. The van der Waals surface area contributed by atoms with E-state index < -0.39 is 5.38 Å². The first-order valence-corrected chi connectivity index (χ1v) is 6.93. The number of carbonyl (C=O) groups excluding carboxylic acids is 1. The van der Waals surface area contributed by atoms with Crippen molar-refractivity contribution in [3.05, 3.63) is 18.2 Å². The number of hydrogen-bond acceptors (Lipinski definition) is 3. The lowest BCUT2D eigenvalue weighted by atomic mass is 10.2. The second kappa shape index (κ2) is 6.15. The number of amides is 1. The van der Waals surface area contributed by atoms with E-state index in [1.54, 1.807) is 14.0 Å². The molecule has 5 heteroatoms. The van der Waals surface area contributed by atoms with Crippen LogP contribution in [0.1, 0.15) is 19.8 Å². The molecule has 0 spiro atoms. The summed E-state index contributed by atoms with van der Waals surface area (Å²) in [6.45, 7) is 3.70. The van der Waals surface area contributed by atoms with Crippen molar-refractivity contribution in [2.75, 3.05) is 30.4 Å². The van der Waals surface area contributed by atoms with Crippen molar-refractivity contribution in [1.82, 2.24) is 0 Å². The molecule has 0 radical (unpaired) electrons. The molecule has 1 heterocycles. The number of halogens is 1. The molecule has 0 aromatic heterocycles. The van der Waals surface area contributed by atoms with Crippen molar-refractivity contribution in [2.24, 2.45) is 0 Å². The Hall–Kier alpha value is -1.42. The van der Waals surface area contributed by atoms with Crippen molar-refractivity contribution in [3.8, 4) is 5.75 Å². The molecule has 0 aliphatic carbocycles. The Morgan fingerprint density at radius 1 is 1.42 bits per heavy atom. The molecule has 0 bridgehead atoms. The first-order valence-electron chi connectivity index (χ1n) is 6.49. The van der Waals surface area contributed by atoms with Crippen LogP contribution in [0.2, 0.25) is 0 Å². The van der Waals surface area contributed by atoms with Gasteiger partial charge in [-0.05, 0) is 31.9 Å². The SMILES string of the molecule is COc1ccc(N2CCCC2)c(NC(=O)[C@@H](C)Cl)c1. The summed E-state index contributed by atoms with van der Waals surface area (Å²) in [6.07, 6.45) is 2.37. The second-order valence-electron chi connectivity index (χ2n) is 4.68. The Morgan fingerprint density at radius 2 is 2.11 bits per heavy atom. The summed E-state index contributed by atoms with van der Waals surface area (Å²) in [6, 6.07) is 5.73. The zero-order chi connectivity index (χ0) is 13.8. The Kier molecular flexibility index (Phi) is 4.53. The molecule has 2 rings (SSSR count). The first-order chi connectivity index (χ1) is 9.11. The maximum Gasteiger partial charge on any atom is 0.242 e. The number of nitrogens with zero attached hydrogens (tertiary/aromatic N) is 1. The largest absolute Gasteiger partial charge is 0.497 e. The third-order valence-corrected chi connectivity index (χ3v) is 3.47. The Labute approximate surface area is 118 Å². The van der Waals surface area contributed by atoms with Gasteiger partial charge in [0, 0.05) is 19.2 Å². The minimum atomic E-state index is -0.558. The van der Waals surface area contributed by atoms with E-state index in [4.69, 9.17) is 16.3 Å². The molecule has 1 aliphatic rings. The fraction of sp³-hybridized carbons (Fsp3) is 0.500. The molecule has 1 aromatic rings. The highest BCUT2D eigenvalue weighted by Crippen LogP contribution is 2.32. The van der Waals surface area contributed by atoms with E-state index in [2.05, 4.69) is 10.2 Å². The molecule has 1 fully saturated rings. The lowest BCUT2D eigenvalue weighted by molar-refractivity contribution is -0.115. The highest BCUT2D eigenvalue weighted by atomic mass is 35.5. The summed E-state index contributed by atoms with van der Waals surface area (Å²) in [5, 5.41) is 2.31. The summed E-state index contributed by atoms with van der Waals surface area (Å²) in [5.74, 6) is 0.524. The van der Waals surface area contributed by atoms with Gasteiger partial charge in [-0.3, -0.25) is 4.79 Å². The third kappa shape index (κ3) is 3.32. The van der Waals surface area contributed by atoms with Crippen LogP contribution in [-0.2, 0) is 4.79 Å². The highest BCUT2D eigenvalue weighted by molar-refractivity contribution is 6.32. The summed E-state index contributed by atoms with van der Waals surface area (Å²) in [5.41, 5.74) is 1.79. The zero-order valence-electron chi connectivity index (χ0n) is 11.3. The summed E-state index contributed by atoms with van der Waals surface area (Å²) in [7, 11) is 1.61. The average molecular weight is 283 g/mol. The Morgan fingerprint density at radius 3 is 2.68 bits per heavy atom. The van der Waals surface area contributed by atoms with Gasteiger partial charge in [0.2, 0.25) is 5.91 Å². The molecule has 1 aliphatic heterocycles. The van der Waals surface area contributed by atoms with Gasteiger partial charge in [-0.2, -0.15) is 0 Å². The van der Waals surface area contributed by atoms with E-state index in [1.165, 1.54) is 12.8 Å². The van der Waals surface area contributed by atoms with Crippen molar-refractivity contribution in [1.29, 1.82) is 0 Å². The molecule has 19 heavy (non-hydrogen) atoms. The molecular weight excluding hydrogens is 264 g/mol. The van der Waals surface area contributed by atoms with E-state index in [9.17, 15) is 4.79 Å². The fourth-order valence-corrected chi connectivity index (χ4v) is 2.26. The standard InChI is InChI=1S/C14H19ClN2O2/c1-10(15)14(18)16-12-9-11(19-2)5-6-13(12)17-7-3-4-8-17/h5-6,9-10H,3-4,7-8H2,1-2H3,(H,16,18)/t10-/m1/s1. The molecule has 4 nitrogen and oxygen atoms in total. The van der Waals surface area contributed by atoms with Crippen LogP contribution in [0.4, 0.5) is 11.4 Å². The number of ether oxygens (including phenoxy) is 1. The quantitative estimate of drug-likeness (QED) is 0.864. The van der Waals surface area contributed by atoms with Gasteiger partial charge in [-0.15, -0.1) is 11.6 Å². The fourth-order valence-electron chi connectivity index (χ4n) is 2.21. The van der Waals surface area contributed by atoms with Crippen LogP contribution in [0.15, 0.2) is 18.2 Å². The van der Waals surface area contributed by atoms with Gasteiger partial charge in [0.05, 0.1) is 18.5 Å². The number of benzene rings is 1. The topological polar surface area (TPSA) is 41.6 Å².